The van der Waals surface area contributed by atoms with Gasteiger partial charge >= 0.3 is 0 Å². The second kappa shape index (κ2) is 13.5. The molecule has 3 aromatic carbocycles. The van der Waals surface area contributed by atoms with Gasteiger partial charge in [-0.05, 0) is 59.1 Å². The number of hydrogen-bond donors (Lipinski definition) is 2. The van der Waals surface area contributed by atoms with E-state index in [0.717, 1.165) is 23.2 Å². The first-order valence-electron chi connectivity index (χ1n) is 11.2. The molecule has 2 unspecified atom stereocenters. The van der Waals surface area contributed by atoms with E-state index in [9.17, 15) is 19.6 Å². The second-order valence-electron chi connectivity index (χ2n) is 7.95. The minimum absolute atomic E-state index is 0.127. The smallest absolute Gasteiger partial charge is 0.134 e. The predicted octanol–water partition coefficient (Wildman–Crippen LogP) is 5.91. The molecule has 3 aromatic rings. The van der Waals surface area contributed by atoms with Gasteiger partial charge in [0, 0.05) is 24.3 Å². The normalized spacial score (nSPS) is 12.3. The van der Waals surface area contributed by atoms with E-state index >= 15 is 0 Å². The first-order chi connectivity index (χ1) is 17.2. The summed E-state index contributed by atoms with van der Waals surface area (Å²) >= 11 is 0. The van der Waals surface area contributed by atoms with Crippen molar-refractivity contribution in [1.82, 2.24) is 5.32 Å². The summed E-state index contributed by atoms with van der Waals surface area (Å²) in [6.45, 7) is 1.14. The maximum atomic E-state index is 11.4. The van der Waals surface area contributed by atoms with Gasteiger partial charge in [-0.25, -0.2) is 0 Å². The van der Waals surface area contributed by atoms with Crippen molar-refractivity contribution in [2.45, 2.75) is 25.0 Å². The van der Waals surface area contributed by atoms with Crippen LogP contribution in [0.5, 0.6) is 0 Å². The van der Waals surface area contributed by atoms with Crippen LogP contribution in [0.4, 0.5) is 11.4 Å². The lowest BCUT2D eigenvalue weighted by atomic mass is 10.0. The van der Waals surface area contributed by atoms with Crippen molar-refractivity contribution in [3.63, 3.8) is 0 Å². The molecule has 2 atom stereocenters. The highest BCUT2D eigenvalue weighted by Crippen LogP contribution is 2.26. The molecule has 10 heteroatoms. The molecule has 0 amide bonds. The summed E-state index contributed by atoms with van der Waals surface area (Å²) in [6.07, 6.45) is 0.739. The standard InChI is InChI=1S/C25H26N6O4/c32-28-15-21-14-20(8-11-23(21)29-33)24(30-34)16-26-13-12-18-6-9-22(10-7-18)27-17-25(31-35)19-4-2-1-3-5-19/h1-11,14,24-27H,12-13,15-17H2. The van der Waals surface area contributed by atoms with Crippen LogP contribution in [-0.4, -0.2) is 19.6 Å². The lowest BCUT2D eigenvalue weighted by Crippen LogP contribution is -2.23. The minimum Gasteiger partial charge on any atom is -0.382 e. The lowest BCUT2D eigenvalue weighted by molar-refractivity contribution is 0.597. The third kappa shape index (κ3) is 7.41. The Balaban J connectivity index is 1.46. The highest BCUT2D eigenvalue weighted by molar-refractivity contribution is 5.48. The largest absolute Gasteiger partial charge is 0.382 e. The lowest BCUT2D eigenvalue weighted by Gasteiger charge is -2.13. The first-order valence-corrected chi connectivity index (χ1v) is 11.2. The minimum atomic E-state index is -0.670. The molecular formula is C25H26N6O4. The van der Waals surface area contributed by atoms with Crippen LogP contribution in [0, 0.1) is 19.6 Å². The molecule has 10 nitrogen and oxygen atoms in total. The van der Waals surface area contributed by atoms with Gasteiger partial charge in [-0.15, -0.1) is 4.91 Å². The van der Waals surface area contributed by atoms with E-state index in [4.69, 9.17) is 0 Å². The van der Waals surface area contributed by atoms with Crippen molar-refractivity contribution in [3.8, 4) is 0 Å². The van der Waals surface area contributed by atoms with Gasteiger partial charge < -0.3 is 10.6 Å². The van der Waals surface area contributed by atoms with E-state index in [2.05, 4.69) is 31.3 Å². The number of benzene rings is 3. The zero-order valence-corrected chi connectivity index (χ0v) is 19.0. The molecule has 0 saturated heterocycles. The van der Waals surface area contributed by atoms with E-state index in [1.807, 2.05) is 54.6 Å². The molecule has 0 radical (unpaired) electrons. The van der Waals surface area contributed by atoms with Gasteiger partial charge in [-0.3, -0.25) is 0 Å². The monoisotopic (exact) mass is 474 g/mol. The summed E-state index contributed by atoms with van der Waals surface area (Å²) in [5, 5.41) is 18.5. The van der Waals surface area contributed by atoms with Crippen LogP contribution in [0.3, 0.4) is 0 Å². The molecule has 2 N–H and O–H groups in total. The summed E-state index contributed by atoms with van der Waals surface area (Å²) in [5.41, 5.74) is 3.95. The fourth-order valence-electron chi connectivity index (χ4n) is 3.68. The SMILES string of the molecule is O=NCc1cc(C(CNCCc2ccc(NCC(N=O)c3ccccc3)cc2)N=O)ccc1N=O. The van der Waals surface area contributed by atoms with Gasteiger partial charge in [0.25, 0.3) is 0 Å². The molecule has 0 aliphatic carbocycles. The Labute approximate surface area is 202 Å². The topological polar surface area (TPSA) is 142 Å². The van der Waals surface area contributed by atoms with Crippen molar-refractivity contribution in [2.75, 3.05) is 25.0 Å². The number of nitrogens with one attached hydrogen (secondary N) is 2. The Hall–Kier alpha value is -4.18. The van der Waals surface area contributed by atoms with E-state index < -0.39 is 12.1 Å². The van der Waals surface area contributed by atoms with Gasteiger partial charge in [0.05, 0.1) is 0 Å². The molecule has 0 fully saturated rings. The van der Waals surface area contributed by atoms with Crippen molar-refractivity contribution in [2.24, 2.45) is 20.7 Å². The molecule has 0 aliphatic rings. The summed E-state index contributed by atoms with van der Waals surface area (Å²) < 4.78 is 0. The fourth-order valence-corrected chi connectivity index (χ4v) is 3.68. The maximum Gasteiger partial charge on any atom is 0.134 e. The molecule has 35 heavy (non-hydrogen) atoms. The number of hydrogen-bond acceptors (Lipinski definition) is 10. The van der Waals surface area contributed by atoms with Gasteiger partial charge in [0.1, 0.15) is 24.3 Å². The van der Waals surface area contributed by atoms with E-state index in [1.54, 1.807) is 12.1 Å². The summed E-state index contributed by atoms with van der Waals surface area (Å²) in [4.78, 5) is 44.0. The summed E-state index contributed by atoms with van der Waals surface area (Å²) in [6, 6.07) is 20.8. The quantitative estimate of drug-likeness (QED) is 0.207. The van der Waals surface area contributed by atoms with E-state index in [-0.39, 0.29) is 12.2 Å². The van der Waals surface area contributed by atoms with Crippen LogP contribution >= 0.6 is 0 Å². The van der Waals surface area contributed by atoms with Crippen molar-refractivity contribution in [1.29, 1.82) is 0 Å². The van der Waals surface area contributed by atoms with Crippen molar-refractivity contribution in [3.05, 3.63) is 115 Å². The fraction of sp³-hybridized carbons (Fsp3) is 0.280. The van der Waals surface area contributed by atoms with Gasteiger partial charge in [-0.2, -0.15) is 14.7 Å². The van der Waals surface area contributed by atoms with Gasteiger partial charge in [0.2, 0.25) is 0 Å². The molecule has 3 rings (SSSR count). The molecule has 0 aliphatic heterocycles. The summed E-state index contributed by atoms with van der Waals surface area (Å²) in [5.74, 6) is 0. The third-order valence-electron chi connectivity index (χ3n) is 5.64. The Morgan fingerprint density at radius 3 is 2.11 bits per heavy atom. The van der Waals surface area contributed by atoms with Crippen LogP contribution in [0.1, 0.15) is 34.3 Å². The van der Waals surface area contributed by atoms with Gasteiger partial charge in [0.15, 0.2) is 0 Å². The maximum absolute atomic E-state index is 11.4. The van der Waals surface area contributed by atoms with E-state index in [0.29, 0.717) is 30.8 Å². The zero-order chi connectivity index (χ0) is 24.9. The number of nitroso groups, excluding NO2 is 4. The van der Waals surface area contributed by atoms with Crippen LogP contribution in [-0.2, 0) is 13.0 Å². The molecule has 0 heterocycles. The van der Waals surface area contributed by atoms with Gasteiger partial charge in [-0.1, -0.05) is 64.1 Å². The highest BCUT2D eigenvalue weighted by atomic mass is 16.3. The van der Waals surface area contributed by atoms with Crippen LogP contribution in [0.15, 0.2) is 93.5 Å². The van der Waals surface area contributed by atoms with Crippen molar-refractivity contribution >= 4 is 11.4 Å². The average Bonchev–Trinajstić information content (AvgIpc) is 2.90. The Morgan fingerprint density at radius 2 is 1.46 bits per heavy atom. The van der Waals surface area contributed by atoms with Crippen molar-refractivity contribution < 1.29 is 0 Å². The molecule has 180 valence electrons. The Bertz CT molecular complexity index is 1120. The first kappa shape index (κ1) is 25.4. The molecule has 0 spiro atoms. The molecular weight excluding hydrogens is 448 g/mol. The second-order valence-corrected chi connectivity index (χ2v) is 7.95. The molecule has 0 aromatic heterocycles. The predicted molar refractivity (Wildman–Crippen MR) is 136 cm³/mol. The molecule has 0 bridgehead atoms. The average molecular weight is 475 g/mol. The number of anilines is 1. The Morgan fingerprint density at radius 1 is 0.743 bits per heavy atom. The molecule has 0 saturated carbocycles. The number of rotatable bonds is 15. The number of nitrogens with zero attached hydrogens (tertiary/aromatic N) is 4. The third-order valence-corrected chi connectivity index (χ3v) is 5.64. The zero-order valence-electron chi connectivity index (χ0n) is 19.0. The van der Waals surface area contributed by atoms with Crippen LogP contribution in [0.2, 0.25) is 0 Å². The Kier molecular flexibility index (Phi) is 9.82. The highest BCUT2D eigenvalue weighted by Gasteiger charge is 2.15. The van der Waals surface area contributed by atoms with Crippen LogP contribution in [0.25, 0.3) is 0 Å². The summed E-state index contributed by atoms with van der Waals surface area (Å²) in [7, 11) is 0. The van der Waals surface area contributed by atoms with Crippen LogP contribution < -0.4 is 10.6 Å². The van der Waals surface area contributed by atoms with E-state index in [1.165, 1.54) is 6.07 Å².